The van der Waals surface area contributed by atoms with Gasteiger partial charge in [-0.05, 0) is 68.7 Å². The van der Waals surface area contributed by atoms with Crippen LogP contribution in [0.5, 0.6) is 0 Å². The Morgan fingerprint density at radius 3 is 2.31 bits per heavy atom. The molecule has 3 atom stereocenters. The van der Waals surface area contributed by atoms with E-state index in [-0.39, 0.29) is 0 Å². The molecule has 0 aromatic rings. The van der Waals surface area contributed by atoms with Crippen molar-refractivity contribution in [2.24, 2.45) is 23.7 Å². The molecule has 3 rings (SSSR count). The Bertz CT molecular complexity index is 222. The van der Waals surface area contributed by atoms with E-state index < -0.39 is 0 Å². The van der Waals surface area contributed by atoms with Crippen molar-refractivity contribution in [3.63, 3.8) is 0 Å². The first-order valence-corrected chi connectivity index (χ1v) is 7.62. The van der Waals surface area contributed by atoms with Crippen LogP contribution >= 0.6 is 0 Å². The highest BCUT2D eigenvalue weighted by Gasteiger charge is 2.48. The van der Waals surface area contributed by atoms with Crippen LogP contribution in [0.15, 0.2) is 0 Å². The normalized spacial score (nSPS) is 39.9. The monoisotopic (exact) mass is 221 g/mol. The second kappa shape index (κ2) is 4.68. The van der Waals surface area contributed by atoms with Gasteiger partial charge in [0.05, 0.1) is 0 Å². The zero-order chi connectivity index (χ0) is 11.0. The molecule has 1 N–H and O–H groups in total. The lowest BCUT2D eigenvalue weighted by Gasteiger charge is -2.31. The molecule has 0 heterocycles. The van der Waals surface area contributed by atoms with Crippen molar-refractivity contribution in [3.8, 4) is 0 Å². The van der Waals surface area contributed by atoms with Crippen LogP contribution < -0.4 is 5.32 Å². The number of rotatable bonds is 5. The van der Waals surface area contributed by atoms with Gasteiger partial charge in [-0.25, -0.2) is 0 Å². The molecular weight excluding hydrogens is 194 g/mol. The minimum atomic E-state index is 0.884. The molecule has 0 amide bonds. The highest BCUT2D eigenvalue weighted by atomic mass is 14.9. The first kappa shape index (κ1) is 11.1. The topological polar surface area (TPSA) is 12.0 Å². The summed E-state index contributed by atoms with van der Waals surface area (Å²) in [5.41, 5.74) is 0. The second-order valence-corrected chi connectivity index (χ2v) is 6.51. The largest absolute Gasteiger partial charge is 0.313 e. The van der Waals surface area contributed by atoms with Gasteiger partial charge in [-0.2, -0.15) is 0 Å². The van der Waals surface area contributed by atoms with Crippen molar-refractivity contribution in [1.82, 2.24) is 5.32 Å². The lowest BCUT2D eigenvalue weighted by Crippen LogP contribution is -2.41. The van der Waals surface area contributed by atoms with E-state index >= 15 is 0 Å². The summed E-state index contributed by atoms with van der Waals surface area (Å²) >= 11 is 0. The SMILES string of the molecule is CCCNC(C1CCCC1)C1CC2CC2C1. The molecule has 0 aromatic heterocycles. The van der Waals surface area contributed by atoms with Crippen molar-refractivity contribution in [2.75, 3.05) is 6.54 Å². The van der Waals surface area contributed by atoms with Gasteiger partial charge in [-0.15, -0.1) is 0 Å². The molecule has 16 heavy (non-hydrogen) atoms. The molecule has 3 aliphatic carbocycles. The van der Waals surface area contributed by atoms with Gasteiger partial charge >= 0.3 is 0 Å². The van der Waals surface area contributed by atoms with Crippen molar-refractivity contribution in [2.45, 2.75) is 64.3 Å². The third-order valence-corrected chi connectivity index (χ3v) is 5.33. The van der Waals surface area contributed by atoms with Crippen LogP contribution in [0.3, 0.4) is 0 Å². The minimum absolute atomic E-state index is 0.884. The molecule has 0 bridgehead atoms. The van der Waals surface area contributed by atoms with Crippen LogP contribution in [0.2, 0.25) is 0 Å². The van der Waals surface area contributed by atoms with E-state index in [1.807, 2.05) is 0 Å². The maximum Gasteiger partial charge on any atom is 0.0124 e. The third kappa shape index (κ3) is 2.16. The van der Waals surface area contributed by atoms with Crippen LogP contribution in [0.25, 0.3) is 0 Å². The van der Waals surface area contributed by atoms with Gasteiger partial charge in [0.25, 0.3) is 0 Å². The first-order chi connectivity index (χ1) is 7.88. The predicted molar refractivity (Wildman–Crippen MR) is 68.4 cm³/mol. The summed E-state index contributed by atoms with van der Waals surface area (Å²) in [5, 5.41) is 3.89. The third-order valence-electron chi connectivity index (χ3n) is 5.33. The van der Waals surface area contributed by atoms with Crippen molar-refractivity contribution < 1.29 is 0 Å². The zero-order valence-electron chi connectivity index (χ0n) is 10.8. The van der Waals surface area contributed by atoms with Crippen LogP contribution in [0.4, 0.5) is 0 Å². The molecule has 0 aromatic carbocycles. The number of hydrogen-bond acceptors (Lipinski definition) is 1. The molecule has 0 saturated heterocycles. The average Bonchev–Trinajstić information content (AvgIpc) is 2.73. The quantitative estimate of drug-likeness (QED) is 0.748. The molecule has 0 spiro atoms. The van der Waals surface area contributed by atoms with Gasteiger partial charge in [0.2, 0.25) is 0 Å². The van der Waals surface area contributed by atoms with E-state index in [4.69, 9.17) is 0 Å². The van der Waals surface area contributed by atoms with Gasteiger partial charge in [0.15, 0.2) is 0 Å². The number of nitrogens with one attached hydrogen (secondary N) is 1. The average molecular weight is 221 g/mol. The fraction of sp³-hybridized carbons (Fsp3) is 1.00. The number of fused-ring (bicyclic) bond motifs is 1. The zero-order valence-corrected chi connectivity index (χ0v) is 10.8. The highest BCUT2D eigenvalue weighted by Crippen LogP contribution is 2.56. The van der Waals surface area contributed by atoms with E-state index in [0.29, 0.717) is 0 Å². The summed E-state index contributed by atoms with van der Waals surface area (Å²) in [4.78, 5) is 0. The van der Waals surface area contributed by atoms with Gasteiger partial charge < -0.3 is 5.32 Å². The standard InChI is InChI=1S/C15H27N/c1-2-7-16-15(11-5-3-4-6-11)14-9-12-8-13(12)10-14/h11-16H,2-10H2,1H3. The summed E-state index contributed by atoms with van der Waals surface area (Å²) in [6, 6.07) is 0.884. The predicted octanol–water partition coefficient (Wildman–Crippen LogP) is 3.59. The summed E-state index contributed by atoms with van der Waals surface area (Å²) in [7, 11) is 0. The Morgan fingerprint density at radius 2 is 1.69 bits per heavy atom. The maximum atomic E-state index is 3.89. The van der Waals surface area contributed by atoms with Crippen molar-refractivity contribution in [1.29, 1.82) is 0 Å². The molecular formula is C15H27N. The molecule has 92 valence electrons. The van der Waals surface area contributed by atoms with E-state index in [1.165, 1.54) is 38.6 Å². The van der Waals surface area contributed by atoms with Crippen molar-refractivity contribution >= 4 is 0 Å². The van der Waals surface area contributed by atoms with Crippen molar-refractivity contribution in [3.05, 3.63) is 0 Å². The molecule has 3 aliphatic rings. The lowest BCUT2D eigenvalue weighted by molar-refractivity contribution is 0.247. The van der Waals surface area contributed by atoms with Crippen LogP contribution in [-0.4, -0.2) is 12.6 Å². The van der Waals surface area contributed by atoms with Gasteiger partial charge in [0.1, 0.15) is 0 Å². The molecule has 0 radical (unpaired) electrons. The summed E-state index contributed by atoms with van der Waals surface area (Å²) in [6.07, 6.45) is 12.0. The fourth-order valence-electron chi connectivity index (χ4n) is 4.40. The Morgan fingerprint density at radius 1 is 1.00 bits per heavy atom. The summed E-state index contributed by atoms with van der Waals surface area (Å²) in [5.74, 6) is 4.36. The Labute approximate surface area is 100 Å². The smallest absolute Gasteiger partial charge is 0.0124 e. The van der Waals surface area contributed by atoms with Crippen LogP contribution in [0, 0.1) is 23.7 Å². The van der Waals surface area contributed by atoms with Crippen LogP contribution in [0.1, 0.15) is 58.3 Å². The molecule has 1 heteroatoms. The molecule has 3 unspecified atom stereocenters. The second-order valence-electron chi connectivity index (χ2n) is 6.51. The molecule has 1 nitrogen and oxygen atoms in total. The van der Waals surface area contributed by atoms with E-state index in [9.17, 15) is 0 Å². The maximum absolute atomic E-state index is 3.89. The minimum Gasteiger partial charge on any atom is -0.313 e. The van der Waals surface area contributed by atoms with E-state index in [0.717, 1.165) is 29.7 Å². The first-order valence-electron chi connectivity index (χ1n) is 7.62. The molecule has 3 fully saturated rings. The van der Waals surface area contributed by atoms with Gasteiger partial charge in [-0.1, -0.05) is 19.8 Å². The summed E-state index contributed by atoms with van der Waals surface area (Å²) < 4.78 is 0. The molecule has 0 aliphatic heterocycles. The highest BCUT2D eigenvalue weighted by molar-refractivity contribution is 5.01. The van der Waals surface area contributed by atoms with E-state index in [2.05, 4.69) is 12.2 Å². The molecule has 3 saturated carbocycles. The Kier molecular flexibility index (Phi) is 3.24. The van der Waals surface area contributed by atoms with E-state index in [1.54, 1.807) is 19.3 Å². The fourth-order valence-corrected chi connectivity index (χ4v) is 4.40. The Hall–Kier alpha value is -0.0400. The summed E-state index contributed by atoms with van der Waals surface area (Å²) in [6.45, 7) is 3.54. The lowest BCUT2D eigenvalue weighted by atomic mass is 9.84. The number of hydrogen-bond donors (Lipinski definition) is 1. The van der Waals surface area contributed by atoms with Gasteiger partial charge in [-0.3, -0.25) is 0 Å². The van der Waals surface area contributed by atoms with Gasteiger partial charge in [0, 0.05) is 6.04 Å². The van der Waals surface area contributed by atoms with Crippen LogP contribution in [-0.2, 0) is 0 Å². The Balaban J connectivity index is 1.58.